The van der Waals surface area contributed by atoms with E-state index in [4.69, 9.17) is 28.4 Å². The molecule has 0 aliphatic carbocycles. The predicted octanol–water partition coefficient (Wildman–Crippen LogP) is 2.12. The van der Waals surface area contributed by atoms with Gasteiger partial charge < -0.3 is 59.3 Å². The van der Waals surface area contributed by atoms with Crippen molar-refractivity contribution in [3.05, 3.63) is 0 Å². The van der Waals surface area contributed by atoms with E-state index in [1.807, 2.05) is 20.8 Å². The third-order valence-electron chi connectivity index (χ3n) is 11.7. The standard InChI is InChI=1S/C36H67NO12/c1-13-25-19(4)28(39)20(5)27(38)17(2)15-35(9,43)32(49-34-29(40)24(37-11)14-18(3)45-34)21(6)30(22(7)33(42)47-25)48-26-16-36(10,44-12)31(41)23(8)46-26/h17-32,34,37-41,43H,13-16H2,1-12H3/t17-,18-,19+,20+,21+,22-,23+,24+,25-,26+,27+,28+,29-,30+,31+,32-,34+,35-,36-/m1/s1. The lowest BCUT2D eigenvalue weighted by Crippen LogP contribution is -2.60. The first kappa shape index (κ1) is 42.4. The molecule has 0 amide bonds. The molecular weight excluding hydrogens is 638 g/mol. The molecule has 288 valence electrons. The highest BCUT2D eigenvalue weighted by Gasteiger charge is 2.52. The molecule has 0 aromatic heterocycles. The number of aliphatic hydroxyl groups excluding tert-OH is 4. The largest absolute Gasteiger partial charge is 0.462 e. The van der Waals surface area contributed by atoms with Gasteiger partial charge in [0.15, 0.2) is 12.6 Å². The van der Waals surface area contributed by atoms with Crippen LogP contribution >= 0.6 is 0 Å². The van der Waals surface area contributed by atoms with Crippen LogP contribution in [0, 0.1) is 29.6 Å². The Bertz CT molecular complexity index is 1050. The van der Waals surface area contributed by atoms with Crippen LogP contribution in [-0.4, -0.2) is 130 Å². The second-order valence-electron chi connectivity index (χ2n) is 15.8. The third-order valence-corrected chi connectivity index (χ3v) is 11.7. The van der Waals surface area contributed by atoms with Crippen LogP contribution in [-0.2, 0) is 33.2 Å². The Morgan fingerprint density at radius 2 is 1.51 bits per heavy atom. The van der Waals surface area contributed by atoms with Gasteiger partial charge in [-0.1, -0.05) is 34.6 Å². The fourth-order valence-corrected chi connectivity index (χ4v) is 8.33. The molecular formula is C36H67NO12. The molecule has 3 heterocycles. The number of carbonyl (C=O) groups excluding carboxylic acids is 1. The molecule has 0 unspecified atom stereocenters. The van der Waals surface area contributed by atoms with Crippen LogP contribution in [0.5, 0.6) is 0 Å². The van der Waals surface area contributed by atoms with Gasteiger partial charge in [0.05, 0.1) is 53.7 Å². The Labute approximate surface area is 293 Å². The van der Waals surface area contributed by atoms with Gasteiger partial charge in [0.2, 0.25) is 0 Å². The quantitative estimate of drug-likeness (QED) is 0.212. The van der Waals surface area contributed by atoms with Gasteiger partial charge >= 0.3 is 5.97 Å². The Balaban J connectivity index is 2.14. The molecule has 19 atom stereocenters. The molecule has 49 heavy (non-hydrogen) atoms. The van der Waals surface area contributed by atoms with Gasteiger partial charge in [-0.05, 0) is 66.8 Å². The molecule has 0 aromatic carbocycles. The maximum atomic E-state index is 14.0. The summed E-state index contributed by atoms with van der Waals surface area (Å²) in [5.41, 5.74) is -2.66. The maximum absolute atomic E-state index is 14.0. The van der Waals surface area contributed by atoms with E-state index in [1.54, 1.807) is 55.5 Å². The highest BCUT2D eigenvalue weighted by molar-refractivity contribution is 5.73. The van der Waals surface area contributed by atoms with E-state index in [9.17, 15) is 30.3 Å². The zero-order chi connectivity index (χ0) is 37.2. The van der Waals surface area contributed by atoms with E-state index in [0.717, 1.165) is 0 Å². The van der Waals surface area contributed by atoms with E-state index < -0.39 is 108 Å². The zero-order valence-corrected chi connectivity index (χ0v) is 31.7. The SMILES string of the molecule is CC[C@H]1OC(=O)[C@H](C)[C@@H](O[C@H]2C[C@@](C)(OC)[C@@H](O)[C@H](C)O2)[C@H](C)[C@@H](O[C@@H]2O[C@H](C)C[C@H](NC)[C@H]2O)[C@](C)(O)C[C@@H](C)[C@H](O)[C@H](C)[C@@H](O)[C@H]1C. The molecule has 0 bridgehead atoms. The van der Waals surface area contributed by atoms with Gasteiger partial charge in [0.25, 0.3) is 0 Å². The van der Waals surface area contributed by atoms with E-state index in [2.05, 4.69) is 5.32 Å². The number of nitrogens with one attached hydrogen (secondary N) is 1. The van der Waals surface area contributed by atoms with E-state index in [1.165, 1.54) is 7.11 Å². The van der Waals surface area contributed by atoms with Gasteiger partial charge in [-0.2, -0.15) is 0 Å². The lowest BCUT2D eigenvalue weighted by molar-refractivity contribution is -0.316. The smallest absolute Gasteiger partial charge is 0.311 e. The van der Waals surface area contributed by atoms with Crippen molar-refractivity contribution in [3.8, 4) is 0 Å². The van der Waals surface area contributed by atoms with Gasteiger partial charge in [0, 0.05) is 37.3 Å². The van der Waals surface area contributed by atoms with Crippen LogP contribution in [0.3, 0.4) is 0 Å². The number of aliphatic hydroxyl groups is 5. The van der Waals surface area contributed by atoms with Crippen molar-refractivity contribution in [1.29, 1.82) is 0 Å². The molecule has 3 fully saturated rings. The summed E-state index contributed by atoms with van der Waals surface area (Å²) in [6.07, 6.45) is -8.53. The number of hydrogen-bond acceptors (Lipinski definition) is 13. The Morgan fingerprint density at radius 3 is 2.08 bits per heavy atom. The summed E-state index contributed by atoms with van der Waals surface area (Å²) in [6, 6.07) is -0.334. The second-order valence-corrected chi connectivity index (χ2v) is 15.8. The number of ether oxygens (including phenoxy) is 6. The van der Waals surface area contributed by atoms with Crippen LogP contribution in [0.1, 0.15) is 94.9 Å². The summed E-state index contributed by atoms with van der Waals surface area (Å²) in [7, 11) is 3.26. The zero-order valence-electron chi connectivity index (χ0n) is 31.7. The summed E-state index contributed by atoms with van der Waals surface area (Å²) >= 11 is 0. The fourth-order valence-electron chi connectivity index (χ4n) is 8.33. The highest BCUT2D eigenvalue weighted by atomic mass is 16.7. The second kappa shape index (κ2) is 17.2. The molecule has 0 saturated carbocycles. The molecule has 13 nitrogen and oxygen atoms in total. The predicted molar refractivity (Wildman–Crippen MR) is 181 cm³/mol. The number of rotatable bonds is 7. The normalized spacial score (nSPS) is 51.1. The molecule has 3 saturated heterocycles. The van der Waals surface area contributed by atoms with Crippen molar-refractivity contribution in [2.45, 2.75) is 180 Å². The molecule has 13 heteroatoms. The first-order valence-electron chi connectivity index (χ1n) is 18.2. The summed E-state index contributed by atoms with van der Waals surface area (Å²) in [5.74, 6) is -3.83. The van der Waals surface area contributed by atoms with Crippen molar-refractivity contribution in [1.82, 2.24) is 5.32 Å². The van der Waals surface area contributed by atoms with Crippen molar-refractivity contribution < 1.29 is 58.7 Å². The molecule has 3 rings (SSSR count). The van der Waals surface area contributed by atoms with Crippen molar-refractivity contribution in [3.63, 3.8) is 0 Å². The number of cyclic esters (lactones) is 1. The number of likely N-dealkylation sites (N-methyl/N-ethyl adjacent to an activating group) is 1. The lowest BCUT2D eigenvalue weighted by atomic mass is 9.74. The first-order valence-corrected chi connectivity index (χ1v) is 18.2. The summed E-state index contributed by atoms with van der Waals surface area (Å²) in [5, 5.41) is 60.5. The molecule has 6 N–H and O–H groups in total. The lowest BCUT2D eigenvalue weighted by Gasteiger charge is -2.49. The average Bonchev–Trinajstić information content (AvgIpc) is 3.05. The van der Waals surface area contributed by atoms with E-state index >= 15 is 0 Å². The first-order chi connectivity index (χ1) is 22.7. The van der Waals surface area contributed by atoms with Crippen molar-refractivity contribution >= 4 is 5.97 Å². The number of esters is 1. The molecule has 3 aliphatic rings. The fraction of sp³-hybridized carbons (Fsp3) is 0.972. The van der Waals surface area contributed by atoms with Crippen LogP contribution in [0.4, 0.5) is 0 Å². The van der Waals surface area contributed by atoms with Crippen LogP contribution in [0.15, 0.2) is 0 Å². The van der Waals surface area contributed by atoms with E-state index in [0.29, 0.717) is 12.8 Å². The summed E-state index contributed by atoms with van der Waals surface area (Å²) in [4.78, 5) is 14.0. The minimum atomic E-state index is -1.66. The van der Waals surface area contributed by atoms with Gasteiger partial charge in [-0.15, -0.1) is 0 Å². The van der Waals surface area contributed by atoms with Gasteiger partial charge in [-0.25, -0.2) is 0 Å². The summed E-state index contributed by atoms with van der Waals surface area (Å²) in [6.45, 7) is 17.7. The maximum Gasteiger partial charge on any atom is 0.311 e. The Morgan fingerprint density at radius 1 is 0.878 bits per heavy atom. The molecule has 3 aliphatic heterocycles. The monoisotopic (exact) mass is 705 g/mol. The van der Waals surface area contributed by atoms with Crippen LogP contribution < -0.4 is 5.32 Å². The Kier molecular flexibility index (Phi) is 14.9. The van der Waals surface area contributed by atoms with Gasteiger partial charge in [-0.3, -0.25) is 4.79 Å². The number of carbonyl (C=O) groups is 1. The minimum absolute atomic E-state index is 0.0517. The topological polar surface area (TPSA) is 186 Å². The Hall–Kier alpha value is -0.970. The molecule has 0 aromatic rings. The average molecular weight is 706 g/mol. The van der Waals surface area contributed by atoms with E-state index in [-0.39, 0.29) is 25.0 Å². The number of hydrogen-bond donors (Lipinski definition) is 6. The highest BCUT2D eigenvalue weighted by Crippen LogP contribution is 2.40. The number of methoxy groups -OCH3 is 1. The minimum Gasteiger partial charge on any atom is -0.462 e. The third kappa shape index (κ3) is 9.53. The van der Waals surface area contributed by atoms with Crippen LogP contribution in [0.25, 0.3) is 0 Å². The van der Waals surface area contributed by atoms with Gasteiger partial charge in [0.1, 0.15) is 18.3 Å². The molecule has 0 radical (unpaired) electrons. The molecule has 0 spiro atoms. The van der Waals surface area contributed by atoms with Crippen molar-refractivity contribution in [2.24, 2.45) is 29.6 Å². The summed E-state index contributed by atoms with van der Waals surface area (Å²) < 4.78 is 37.2. The van der Waals surface area contributed by atoms with Crippen LogP contribution in [0.2, 0.25) is 0 Å². The van der Waals surface area contributed by atoms with Crippen molar-refractivity contribution in [2.75, 3.05) is 14.2 Å².